The molecule has 2 fully saturated rings. The van der Waals surface area contributed by atoms with E-state index in [0.717, 1.165) is 69.5 Å². The molecule has 37 heteroatoms. The number of halogens is 13. The van der Waals surface area contributed by atoms with Crippen LogP contribution in [0.3, 0.4) is 0 Å². The summed E-state index contributed by atoms with van der Waals surface area (Å²) in [7, 11) is 2.92. The first kappa shape index (κ1) is 113. The van der Waals surface area contributed by atoms with E-state index >= 15 is 0 Å². The molecule has 2 aliphatic heterocycles. The fraction of sp³-hybridized carbons (Fsp3) is 0.360. The van der Waals surface area contributed by atoms with Crippen LogP contribution in [-0.2, 0) is 65.2 Å². The van der Waals surface area contributed by atoms with Gasteiger partial charge in [-0.15, -0.1) is 0 Å². The van der Waals surface area contributed by atoms with Crippen molar-refractivity contribution in [3.05, 3.63) is 244 Å². The summed E-state index contributed by atoms with van der Waals surface area (Å²) in [6.07, 6.45) is 21.7. The zero-order chi connectivity index (χ0) is 95.4. The quantitative estimate of drug-likeness (QED) is 0.0112. The van der Waals surface area contributed by atoms with E-state index in [-0.39, 0.29) is 61.1 Å². The number of ether oxygens (including phenoxy) is 7. The number of hydrogen-bond donors (Lipinski definition) is 1. The number of unbranched alkanes of at least 4 members (excludes halogenated alkanes) is 3. The molecule has 681 valence electrons. The summed E-state index contributed by atoms with van der Waals surface area (Å²) in [5.41, 5.74) is 6.56. The fourth-order valence-corrected chi connectivity index (χ4v) is 28.9. The van der Waals surface area contributed by atoms with Crippen LogP contribution in [-0.4, -0.2) is 161 Å². The van der Waals surface area contributed by atoms with Crippen molar-refractivity contribution in [1.82, 2.24) is 19.9 Å². The van der Waals surface area contributed by atoms with Gasteiger partial charge in [0.05, 0.1) is 70.1 Å². The first-order valence-electron chi connectivity index (χ1n) is 39.8. The van der Waals surface area contributed by atoms with E-state index in [1.807, 2.05) is 50.4 Å². The van der Waals surface area contributed by atoms with Gasteiger partial charge in [-0.1, -0.05) is 61.6 Å². The van der Waals surface area contributed by atoms with Crippen LogP contribution in [0.4, 0.5) is 39.5 Å². The summed E-state index contributed by atoms with van der Waals surface area (Å²) in [6, 6.07) is 30.4. The van der Waals surface area contributed by atoms with Gasteiger partial charge in [-0.2, -0.15) is 23.6 Å². The van der Waals surface area contributed by atoms with Crippen molar-refractivity contribution in [3.63, 3.8) is 0 Å². The number of carbonyl (C=O) groups excluding carboxylic acids is 9. The molecule has 0 atom stereocenters. The van der Waals surface area contributed by atoms with Crippen molar-refractivity contribution < 1.29 is 127 Å². The smallest absolute Gasteiger partial charge is 0.535 e. The van der Waals surface area contributed by atoms with Crippen LogP contribution in [0.5, 0.6) is 5.75 Å². The standard InChI is InChI=1S/C21H15F4NO2.C15H14BrNO2.C8H6Br2O2.C8H8BrNO2.C8H8NO2.C6H2BF4O2.2C4H8O.3C4H9.CH3F.2CO2.Sn/c1-3-11-4-5-26-17(6-11)13-7-12(8-14(9-13)21(27)28-2)15-10-16(22)19(24)20(25)18(15)23;1-3-10-4-5-17-14(6-10)11-7-12(15(18)19-2)9-13(16)8-11;1-12-8(11)5-2-6(9)4-7(10)3-5;1-2-12-8(11)6-3-4-10-7(9)5-6;1-2-11-8(10)7-3-5-9-6-4-7;8-2-1-3(13-7-12)5(10)6(11)4(2)9;2*1-2-4-5-3-1;3*1-3-4-2;1-2;2*2-1-3;/h4-10H,3H2,1-2H3;4-9H,3H2,1-2H3;2-4H,1H3;3-5H,2H2,1H3;3-5H,2H2,1H3;1,12H;2*1-4H2;3*1,3-4H2,2H3;1H3;;;/i;;;;;;;;;;;1D;;;. The molecule has 2 saturated heterocycles. The van der Waals surface area contributed by atoms with Crippen molar-refractivity contribution in [2.24, 2.45) is 0 Å². The van der Waals surface area contributed by atoms with E-state index < -0.39 is 89.4 Å². The topological polar surface area (TPSA) is 299 Å². The Kier molecular flexibility index (Phi) is 59.1. The molecule has 0 saturated carbocycles. The summed E-state index contributed by atoms with van der Waals surface area (Å²) in [6.45, 7) is 19.3. The number of methoxy groups -OCH3 is 3. The van der Waals surface area contributed by atoms with E-state index in [0.29, 0.717) is 57.4 Å². The van der Waals surface area contributed by atoms with Crippen LogP contribution < -0.4 is 8.36 Å². The number of alkyl halides is 1. The Labute approximate surface area is 766 Å². The third kappa shape index (κ3) is 41.6. The molecular weight excluding hydrogens is 2030 g/mol. The first-order valence-corrected chi connectivity index (χ1v) is 49.7. The molecule has 11 rings (SSSR count). The zero-order valence-corrected chi connectivity index (χ0v) is 80.2. The van der Waals surface area contributed by atoms with E-state index in [4.69, 9.17) is 59.0 Å². The molecule has 0 amide bonds. The summed E-state index contributed by atoms with van der Waals surface area (Å²) in [5, 5.41) is 8.04. The summed E-state index contributed by atoms with van der Waals surface area (Å²) in [5.74, 6) is -17.0. The number of aromatic nitrogens is 4. The van der Waals surface area contributed by atoms with Crippen LogP contribution in [0.25, 0.3) is 33.6 Å². The predicted molar refractivity (Wildman–Crippen MR) is 472 cm³/mol. The Morgan fingerprint density at radius 1 is 0.452 bits per heavy atom. The average molecular weight is 2130 g/mol. The second-order valence-electron chi connectivity index (χ2n) is 26.0. The molecule has 0 spiro atoms. The Hall–Kier alpha value is -9.36. The fourth-order valence-electron chi connectivity index (χ4n) is 11.2. The molecule has 22 nitrogen and oxygen atoms in total. The maximum absolute atomic E-state index is 14.3. The third-order valence-electron chi connectivity index (χ3n) is 17.4. The van der Waals surface area contributed by atoms with Crippen LogP contribution in [0.2, 0.25) is 13.3 Å². The molecular formula is C89H99BBr4F9N4O18Sn. The van der Waals surface area contributed by atoms with Gasteiger partial charge in [-0.05, 0) is 175 Å². The summed E-state index contributed by atoms with van der Waals surface area (Å²) < 4.78 is 167. The third-order valence-corrected chi connectivity index (χ3v) is 34.3. The molecule has 6 heterocycles. The zero-order valence-electron chi connectivity index (χ0n) is 72.0. The normalized spacial score (nSPS) is 11.2. The van der Waals surface area contributed by atoms with Crippen molar-refractivity contribution in [1.29, 1.82) is 0 Å². The minimum atomic E-state index is -2.55. The minimum absolute atomic E-state index is 0.0168. The van der Waals surface area contributed by atoms with Gasteiger partial charge in [0.1, 0.15) is 10.4 Å². The number of hydrogen-bond acceptors (Lipinski definition) is 22. The monoisotopic (exact) mass is 2130 g/mol. The van der Waals surface area contributed by atoms with E-state index in [2.05, 4.69) is 122 Å². The maximum atomic E-state index is 14.3. The van der Waals surface area contributed by atoms with Gasteiger partial charge in [-0.3, -0.25) is 14.4 Å². The largest absolute Gasteiger partial charge is 0.569 e. The number of rotatable bonds is 24. The van der Waals surface area contributed by atoms with Gasteiger partial charge in [-0.25, -0.2) is 54.9 Å². The Bertz CT molecular complexity index is 4870. The van der Waals surface area contributed by atoms with Crippen LogP contribution in [0.1, 0.15) is 177 Å². The van der Waals surface area contributed by atoms with Crippen LogP contribution in [0.15, 0.2) is 158 Å². The molecule has 1 radical (unpaired) electrons. The molecule has 4 aromatic heterocycles. The summed E-state index contributed by atoms with van der Waals surface area (Å²) >= 11 is 10.6. The number of pyridine rings is 4. The maximum Gasteiger partial charge on any atom is 0.569 e. The molecule has 0 unspecified atom stereocenters. The van der Waals surface area contributed by atoms with E-state index in [1.165, 1.54) is 126 Å². The molecule has 0 bridgehead atoms. The van der Waals surface area contributed by atoms with Crippen LogP contribution in [0, 0.1) is 46.5 Å². The first-order chi connectivity index (χ1) is 60.8. The number of esters is 5. The number of aryl methyl sites for hydroxylation is 2. The Morgan fingerprint density at radius 2 is 0.825 bits per heavy atom. The van der Waals surface area contributed by atoms with Crippen molar-refractivity contribution in [3.8, 4) is 39.4 Å². The van der Waals surface area contributed by atoms with Crippen molar-refractivity contribution in [2.45, 2.75) is 139 Å². The molecule has 2 aliphatic rings. The van der Waals surface area contributed by atoms with Gasteiger partial charge in [0, 0.05) is 81.2 Å². The minimum Gasteiger partial charge on any atom is -0.535 e. The molecule has 0 aliphatic carbocycles. The van der Waals surface area contributed by atoms with Crippen molar-refractivity contribution >= 4 is 136 Å². The number of carbonyl (C=O) groups is 5. The van der Waals surface area contributed by atoms with Crippen molar-refractivity contribution in [2.75, 3.05) is 68.1 Å². The second kappa shape index (κ2) is 66.1. The molecule has 1 N–H and O–H groups in total. The Balaban J connectivity index is 0.000000746. The van der Waals surface area contributed by atoms with E-state index in [9.17, 15) is 63.5 Å². The van der Waals surface area contributed by atoms with Crippen LogP contribution >= 0.6 is 63.7 Å². The van der Waals surface area contributed by atoms with Gasteiger partial charge in [0.25, 0.3) is 0 Å². The van der Waals surface area contributed by atoms with Gasteiger partial charge < -0.3 is 38.1 Å². The van der Waals surface area contributed by atoms with Gasteiger partial charge in [0.2, 0.25) is 11.6 Å². The van der Waals surface area contributed by atoms with Gasteiger partial charge >= 0.3 is 196 Å². The predicted octanol–water partition coefficient (Wildman–Crippen LogP) is 21.7. The Morgan fingerprint density at radius 3 is 1.21 bits per heavy atom. The molecule has 9 aromatic rings. The average Bonchev–Trinajstić information content (AvgIpc) is 1.40. The number of nitrogens with zero attached hydrogens (tertiary/aromatic N) is 4. The number of benzene rings is 5. The van der Waals surface area contributed by atoms with E-state index in [1.54, 1.807) is 74.0 Å². The molecule has 126 heavy (non-hydrogen) atoms. The molecule has 5 aromatic carbocycles. The SMILES string of the molecule is C1CCOC1.C1CCOC1.CCC[CH2][Sn]([CH2]CCC)([CH2]CCC)[c]1cc(C(=O)OCC)ccn1.CCOC(=O)c1ccnc(Br)c1.CCc1ccnc(-c2cc(Br)cc(C(=O)OC)c2)c1.CCc1ccnc(-c2cc(C(=O)OC)cc(-c3cc(F)c(F)c(F)c3F)c2)c1.COC(=O)c1cc(Br)cc(Br)c1.O=C=O.O=C=O.O[B]Oc1cc(F)c(F)c(F)c1F.[2H]CF. The van der Waals surface area contributed by atoms with Gasteiger partial charge in [0.15, 0.2) is 34.9 Å². The second-order valence-corrected chi connectivity index (χ2v) is 42.6. The summed E-state index contributed by atoms with van der Waals surface area (Å²) in [4.78, 5) is 108.